The Hall–Kier alpha value is -4.89. The SMILES string of the molecule is CCCN(C)Cc1ncc(-c2cc3c4c(c2)OCc2cc(-c5cnc(CN(CCC)C(=O)Cc6ccccc6)[nH]5)cc(c2-4)OC3)[nH]1. The summed E-state index contributed by atoms with van der Waals surface area (Å²) in [4.78, 5) is 33.5. The molecular weight excluding hydrogens is 576 g/mol. The number of amides is 1. The number of hydrogen-bond acceptors (Lipinski definition) is 6. The van der Waals surface area contributed by atoms with Gasteiger partial charge >= 0.3 is 0 Å². The third-order valence-electron chi connectivity index (χ3n) is 8.67. The van der Waals surface area contributed by atoms with E-state index in [0.717, 1.165) is 99.4 Å². The standard InChI is InChI=1S/C37H40N6O3/c1-4-11-42(3)20-33-38-18-29(40-33)25-14-27-22-46-32-17-26(15-28-23-45-31(16-25)36(27)37(28)32)30-19-39-34(41-30)21-43(12-5-2)35(44)13-24-9-7-6-8-10-24/h6-10,14-19H,4-5,11-13,20-23H2,1-3H3,(H,38,40)(H,39,41). The number of imidazole rings is 2. The average Bonchev–Trinajstić information content (AvgIpc) is 3.74. The van der Waals surface area contributed by atoms with Crippen LogP contribution in [-0.4, -0.2) is 55.8 Å². The minimum absolute atomic E-state index is 0.0972. The Bertz CT molecular complexity index is 1810. The summed E-state index contributed by atoms with van der Waals surface area (Å²) in [6.07, 6.45) is 6.11. The molecule has 2 aliphatic heterocycles. The van der Waals surface area contributed by atoms with Crippen LogP contribution in [0.3, 0.4) is 0 Å². The molecule has 4 heterocycles. The van der Waals surface area contributed by atoms with E-state index >= 15 is 0 Å². The molecular formula is C37H40N6O3. The van der Waals surface area contributed by atoms with Gasteiger partial charge in [-0.05, 0) is 56.3 Å². The van der Waals surface area contributed by atoms with E-state index in [1.165, 1.54) is 0 Å². The van der Waals surface area contributed by atoms with Crippen LogP contribution in [0.15, 0.2) is 67.0 Å². The van der Waals surface area contributed by atoms with Crippen molar-refractivity contribution in [2.24, 2.45) is 0 Å². The molecule has 2 aliphatic rings. The number of carbonyl (C=O) groups is 1. The van der Waals surface area contributed by atoms with Gasteiger partial charge in [0.25, 0.3) is 0 Å². The second-order valence-electron chi connectivity index (χ2n) is 12.3. The maximum Gasteiger partial charge on any atom is 0.227 e. The van der Waals surface area contributed by atoms with E-state index in [-0.39, 0.29) is 5.91 Å². The van der Waals surface area contributed by atoms with Gasteiger partial charge < -0.3 is 24.3 Å². The summed E-state index contributed by atoms with van der Waals surface area (Å²) < 4.78 is 12.7. The zero-order chi connectivity index (χ0) is 31.6. The van der Waals surface area contributed by atoms with Crippen LogP contribution in [-0.2, 0) is 37.5 Å². The number of rotatable bonds is 12. The topological polar surface area (TPSA) is 99.4 Å². The van der Waals surface area contributed by atoms with Crippen molar-refractivity contribution in [2.45, 2.75) is 59.4 Å². The van der Waals surface area contributed by atoms with Crippen molar-refractivity contribution in [3.05, 3.63) is 95.3 Å². The molecule has 0 atom stereocenters. The first-order valence-corrected chi connectivity index (χ1v) is 16.2. The van der Waals surface area contributed by atoms with Crippen LogP contribution in [0.25, 0.3) is 33.6 Å². The molecule has 0 spiro atoms. The molecule has 9 nitrogen and oxygen atoms in total. The highest BCUT2D eigenvalue weighted by Gasteiger charge is 2.30. The van der Waals surface area contributed by atoms with Crippen molar-refractivity contribution in [3.63, 3.8) is 0 Å². The average molecular weight is 617 g/mol. The van der Waals surface area contributed by atoms with Gasteiger partial charge in [0.05, 0.1) is 43.3 Å². The van der Waals surface area contributed by atoms with Crippen LogP contribution in [0.5, 0.6) is 11.5 Å². The van der Waals surface area contributed by atoms with Crippen molar-refractivity contribution in [3.8, 4) is 45.1 Å². The maximum absolute atomic E-state index is 13.1. The Morgan fingerprint density at radius 2 is 1.35 bits per heavy atom. The molecule has 0 bridgehead atoms. The van der Waals surface area contributed by atoms with Gasteiger partial charge in [0.1, 0.15) is 36.4 Å². The highest BCUT2D eigenvalue weighted by Crippen LogP contribution is 2.50. The summed E-state index contributed by atoms with van der Waals surface area (Å²) in [6.45, 7) is 8.10. The van der Waals surface area contributed by atoms with Gasteiger partial charge in [0, 0.05) is 39.9 Å². The molecule has 236 valence electrons. The van der Waals surface area contributed by atoms with Crippen LogP contribution in [0.2, 0.25) is 0 Å². The summed E-state index contributed by atoms with van der Waals surface area (Å²) >= 11 is 0. The third-order valence-corrected chi connectivity index (χ3v) is 8.67. The van der Waals surface area contributed by atoms with Gasteiger partial charge in [-0.1, -0.05) is 44.2 Å². The molecule has 0 saturated carbocycles. The number of ether oxygens (including phenoxy) is 2. The van der Waals surface area contributed by atoms with Gasteiger partial charge in [-0.15, -0.1) is 0 Å². The maximum atomic E-state index is 13.1. The van der Waals surface area contributed by atoms with Crippen LogP contribution < -0.4 is 9.47 Å². The van der Waals surface area contributed by atoms with Crippen LogP contribution in [0, 0.1) is 0 Å². The summed E-state index contributed by atoms with van der Waals surface area (Å²) in [5.74, 6) is 3.53. The van der Waals surface area contributed by atoms with Gasteiger partial charge in [-0.25, -0.2) is 9.97 Å². The Morgan fingerprint density at radius 3 is 1.91 bits per heavy atom. The molecule has 9 heteroatoms. The lowest BCUT2D eigenvalue weighted by Crippen LogP contribution is -2.33. The molecule has 0 aliphatic carbocycles. The fourth-order valence-electron chi connectivity index (χ4n) is 6.51. The zero-order valence-electron chi connectivity index (χ0n) is 26.7. The molecule has 0 saturated heterocycles. The summed E-state index contributed by atoms with van der Waals surface area (Å²) in [7, 11) is 2.11. The number of H-pyrrole nitrogens is 2. The van der Waals surface area contributed by atoms with E-state index in [0.29, 0.717) is 32.7 Å². The lowest BCUT2D eigenvalue weighted by molar-refractivity contribution is -0.131. The first-order valence-electron chi connectivity index (χ1n) is 16.2. The number of hydrogen-bond donors (Lipinski definition) is 2. The first-order chi connectivity index (χ1) is 22.5. The first kappa shape index (κ1) is 29.8. The molecule has 0 radical (unpaired) electrons. The van der Waals surface area contributed by atoms with E-state index in [9.17, 15) is 4.79 Å². The van der Waals surface area contributed by atoms with Crippen molar-refractivity contribution < 1.29 is 14.3 Å². The number of benzene rings is 3. The molecule has 2 N–H and O–H groups in total. The molecule has 7 rings (SSSR count). The number of nitrogens with zero attached hydrogens (tertiary/aromatic N) is 4. The van der Waals surface area contributed by atoms with Gasteiger partial charge in [0.15, 0.2) is 0 Å². The summed E-state index contributed by atoms with van der Waals surface area (Å²) in [5, 5.41) is 0. The number of nitrogens with one attached hydrogen (secondary N) is 2. The largest absolute Gasteiger partial charge is 0.488 e. The predicted molar refractivity (Wildman–Crippen MR) is 178 cm³/mol. The Morgan fingerprint density at radius 1 is 0.783 bits per heavy atom. The van der Waals surface area contributed by atoms with Gasteiger partial charge in [-0.3, -0.25) is 9.69 Å². The van der Waals surface area contributed by atoms with E-state index in [1.807, 2.05) is 47.6 Å². The molecule has 2 aromatic heterocycles. The van der Waals surface area contributed by atoms with E-state index in [1.54, 1.807) is 0 Å². The highest BCUT2D eigenvalue weighted by atomic mass is 16.5. The molecule has 5 aromatic rings. The third kappa shape index (κ3) is 6.02. The van der Waals surface area contributed by atoms with Crippen LogP contribution in [0.1, 0.15) is 55.0 Å². The summed E-state index contributed by atoms with van der Waals surface area (Å²) in [5.41, 5.74) is 9.30. The van der Waals surface area contributed by atoms with E-state index in [2.05, 4.69) is 70.0 Å². The van der Waals surface area contributed by atoms with Gasteiger partial charge in [0.2, 0.25) is 5.91 Å². The van der Waals surface area contributed by atoms with Crippen LogP contribution in [0.4, 0.5) is 0 Å². The van der Waals surface area contributed by atoms with E-state index in [4.69, 9.17) is 9.47 Å². The normalized spacial score (nSPS) is 12.9. The molecule has 1 amide bonds. The minimum atomic E-state index is 0.0972. The molecule has 46 heavy (non-hydrogen) atoms. The second kappa shape index (κ2) is 12.8. The number of carbonyl (C=O) groups excluding carboxylic acids is 1. The van der Waals surface area contributed by atoms with Gasteiger partial charge in [-0.2, -0.15) is 0 Å². The molecule has 0 fully saturated rings. The fraction of sp³-hybridized carbons (Fsp3) is 0.324. The van der Waals surface area contributed by atoms with Crippen molar-refractivity contribution >= 4 is 5.91 Å². The number of aromatic amines is 2. The lowest BCUT2D eigenvalue weighted by atomic mass is 9.87. The molecule has 0 unspecified atom stereocenters. The van der Waals surface area contributed by atoms with Crippen molar-refractivity contribution in [2.75, 3.05) is 20.1 Å². The number of aromatic nitrogens is 4. The smallest absolute Gasteiger partial charge is 0.227 e. The monoisotopic (exact) mass is 616 g/mol. The van der Waals surface area contributed by atoms with Crippen molar-refractivity contribution in [1.29, 1.82) is 0 Å². The minimum Gasteiger partial charge on any atom is -0.488 e. The Kier molecular flexibility index (Phi) is 8.32. The van der Waals surface area contributed by atoms with Crippen molar-refractivity contribution in [1.82, 2.24) is 29.7 Å². The summed E-state index contributed by atoms with van der Waals surface area (Å²) in [6, 6.07) is 18.4. The Balaban J connectivity index is 1.11. The predicted octanol–water partition coefficient (Wildman–Crippen LogP) is 6.74. The van der Waals surface area contributed by atoms with E-state index < -0.39 is 0 Å². The van der Waals surface area contributed by atoms with Crippen LogP contribution >= 0.6 is 0 Å². The fourth-order valence-corrected chi connectivity index (χ4v) is 6.51. The lowest BCUT2D eigenvalue weighted by Gasteiger charge is -2.30. The molecule has 3 aromatic carbocycles. The Labute approximate surface area is 269 Å². The quantitative estimate of drug-likeness (QED) is 0.161. The highest BCUT2D eigenvalue weighted by molar-refractivity contribution is 5.88. The zero-order valence-corrected chi connectivity index (χ0v) is 26.7. The second-order valence-corrected chi connectivity index (χ2v) is 12.3.